The van der Waals surface area contributed by atoms with E-state index in [0.717, 1.165) is 16.8 Å². The molecule has 0 fully saturated rings. The maximum absolute atomic E-state index is 11.3. The first kappa shape index (κ1) is 12.5. The fourth-order valence-corrected chi connectivity index (χ4v) is 2.22. The van der Waals surface area contributed by atoms with E-state index in [1.165, 1.54) is 6.26 Å². The topological polar surface area (TPSA) is 47.0 Å². The lowest BCUT2D eigenvalue weighted by atomic mass is 10.0. The van der Waals surface area contributed by atoms with E-state index in [2.05, 4.69) is 11.6 Å². The van der Waals surface area contributed by atoms with Crippen LogP contribution >= 0.6 is 0 Å². The molecule has 0 saturated heterocycles. The monoisotopic (exact) mass is 259 g/mol. The van der Waals surface area contributed by atoms with Gasteiger partial charge >= 0.3 is 0 Å². The van der Waals surface area contributed by atoms with Gasteiger partial charge in [0.1, 0.15) is 0 Å². The predicted molar refractivity (Wildman–Crippen MR) is 71.9 cm³/mol. The van der Waals surface area contributed by atoms with Crippen LogP contribution in [0.3, 0.4) is 0 Å². The molecule has 0 bridgehead atoms. The second-order valence-corrected chi connectivity index (χ2v) is 6.01. The van der Waals surface area contributed by atoms with Crippen LogP contribution in [0.1, 0.15) is 11.3 Å². The Hall–Kier alpha value is -1.94. The van der Waals surface area contributed by atoms with Gasteiger partial charge in [0.25, 0.3) is 0 Å². The van der Waals surface area contributed by atoms with Gasteiger partial charge in [-0.2, -0.15) is 0 Å². The quantitative estimate of drug-likeness (QED) is 0.851. The van der Waals surface area contributed by atoms with Crippen molar-refractivity contribution in [2.75, 3.05) is 6.26 Å². The fraction of sp³-hybridized carbons (Fsp3) is 0.0714. The van der Waals surface area contributed by atoms with Crippen molar-refractivity contribution in [2.45, 2.75) is 4.90 Å². The maximum atomic E-state index is 11.3. The van der Waals surface area contributed by atoms with Gasteiger partial charge in [0.15, 0.2) is 9.84 Å². The molecule has 2 aromatic rings. The molecule has 2 rings (SSSR count). The third-order valence-electron chi connectivity index (χ3n) is 2.61. The summed E-state index contributed by atoms with van der Waals surface area (Å²) in [5.41, 5.74) is 2.42. The molecular weight excluding hydrogens is 246 g/mol. The second kappa shape index (κ2) is 4.74. The number of sulfone groups is 1. The van der Waals surface area contributed by atoms with Gasteiger partial charge in [-0.3, -0.25) is 4.98 Å². The van der Waals surface area contributed by atoms with E-state index < -0.39 is 9.84 Å². The largest absolute Gasteiger partial charge is 0.256 e. The Labute approximate surface area is 107 Å². The van der Waals surface area contributed by atoms with E-state index in [1.54, 1.807) is 30.5 Å². The minimum atomic E-state index is -3.16. The van der Waals surface area contributed by atoms with Crippen molar-refractivity contribution >= 4 is 15.4 Å². The zero-order valence-corrected chi connectivity index (χ0v) is 10.8. The Balaban J connectivity index is 2.34. The number of rotatable bonds is 3. The van der Waals surface area contributed by atoms with Crippen LogP contribution in [-0.4, -0.2) is 19.7 Å². The molecule has 1 aromatic carbocycles. The Morgan fingerprint density at radius 3 is 2.28 bits per heavy atom. The molecule has 0 aliphatic carbocycles. The number of hydrogen-bond donors (Lipinski definition) is 0. The lowest BCUT2D eigenvalue weighted by molar-refractivity contribution is 0.602. The molecule has 4 heteroatoms. The van der Waals surface area contributed by atoms with Gasteiger partial charge in [-0.1, -0.05) is 24.8 Å². The molecule has 0 aliphatic heterocycles. The van der Waals surface area contributed by atoms with Crippen LogP contribution in [0.15, 0.2) is 60.1 Å². The average Bonchev–Trinajstić information content (AvgIpc) is 2.38. The lowest BCUT2D eigenvalue weighted by Crippen LogP contribution is -1.97. The van der Waals surface area contributed by atoms with Crippen molar-refractivity contribution in [1.29, 1.82) is 0 Å². The highest BCUT2D eigenvalue weighted by atomic mass is 32.2. The summed E-state index contributed by atoms with van der Waals surface area (Å²) in [6.07, 6.45) is 2.89. The number of hydrogen-bond acceptors (Lipinski definition) is 3. The molecule has 92 valence electrons. The zero-order valence-electron chi connectivity index (χ0n) is 10.00. The Morgan fingerprint density at radius 1 is 1.11 bits per heavy atom. The second-order valence-electron chi connectivity index (χ2n) is 3.99. The van der Waals surface area contributed by atoms with Crippen LogP contribution in [0.2, 0.25) is 0 Å². The van der Waals surface area contributed by atoms with E-state index in [9.17, 15) is 8.42 Å². The van der Waals surface area contributed by atoms with Crippen LogP contribution < -0.4 is 0 Å². The average molecular weight is 259 g/mol. The molecule has 0 unspecified atom stereocenters. The molecule has 1 heterocycles. The van der Waals surface area contributed by atoms with E-state index in [-0.39, 0.29) is 0 Å². The smallest absolute Gasteiger partial charge is 0.175 e. The van der Waals surface area contributed by atoms with Crippen LogP contribution in [0.25, 0.3) is 5.57 Å². The summed E-state index contributed by atoms with van der Waals surface area (Å²) < 4.78 is 22.7. The van der Waals surface area contributed by atoms with Crippen molar-refractivity contribution in [3.05, 3.63) is 66.5 Å². The number of benzene rings is 1. The van der Waals surface area contributed by atoms with Crippen LogP contribution in [-0.2, 0) is 9.84 Å². The van der Waals surface area contributed by atoms with Crippen molar-refractivity contribution < 1.29 is 8.42 Å². The van der Waals surface area contributed by atoms with E-state index in [0.29, 0.717) is 4.90 Å². The van der Waals surface area contributed by atoms with Gasteiger partial charge in [-0.25, -0.2) is 8.42 Å². The summed E-state index contributed by atoms with van der Waals surface area (Å²) in [6, 6.07) is 12.2. The highest BCUT2D eigenvalue weighted by molar-refractivity contribution is 7.90. The number of nitrogens with zero attached hydrogens (tertiary/aromatic N) is 1. The molecule has 0 atom stereocenters. The van der Waals surface area contributed by atoms with Gasteiger partial charge in [0.2, 0.25) is 0 Å². The summed E-state index contributed by atoms with van der Waals surface area (Å²) in [6.45, 7) is 3.98. The molecule has 0 saturated carbocycles. The van der Waals surface area contributed by atoms with Crippen molar-refractivity contribution in [1.82, 2.24) is 4.98 Å². The normalized spacial score (nSPS) is 11.2. The standard InChI is InChI=1S/C14H13NO2S/c1-11(14-5-3-4-10-15-14)12-6-8-13(9-7-12)18(2,16)17/h3-10H,1H2,2H3. The van der Waals surface area contributed by atoms with Gasteiger partial charge < -0.3 is 0 Å². The minimum Gasteiger partial charge on any atom is -0.256 e. The van der Waals surface area contributed by atoms with Gasteiger partial charge in [-0.05, 0) is 29.8 Å². The van der Waals surface area contributed by atoms with E-state index in [1.807, 2.05) is 18.2 Å². The van der Waals surface area contributed by atoms with Crippen LogP contribution in [0, 0.1) is 0 Å². The highest BCUT2D eigenvalue weighted by Gasteiger charge is 2.08. The summed E-state index contributed by atoms with van der Waals surface area (Å²) in [4.78, 5) is 4.51. The predicted octanol–water partition coefficient (Wildman–Crippen LogP) is 2.55. The molecule has 0 N–H and O–H groups in total. The molecule has 0 aliphatic rings. The molecule has 0 amide bonds. The van der Waals surface area contributed by atoms with E-state index >= 15 is 0 Å². The van der Waals surface area contributed by atoms with Gasteiger partial charge in [0, 0.05) is 18.0 Å². The third-order valence-corrected chi connectivity index (χ3v) is 3.73. The van der Waals surface area contributed by atoms with Crippen LogP contribution in [0.5, 0.6) is 0 Å². The summed E-state index contributed by atoms with van der Waals surface area (Å²) in [5, 5.41) is 0. The van der Waals surface area contributed by atoms with E-state index in [4.69, 9.17) is 0 Å². The molecule has 3 nitrogen and oxygen atoms in total. The Morgan fingerprint density at radius 2 is 1.78 bits per heavy atom. The lowest BCUT2D eigenvalue weighted by Gasteiger charge is -2.06. The number of aromatic nitrogens is 1. The third kappa shape index (κ3) is 2.65. The van der Waals surface area contributed by atoms with Crippen molar-refractivity contribution in [3.8, 4) is 0 Å². The number of pyridine rings is 1. The van der Waals surface area contributed by atoms with Crippen LogP contribution in [0.4, 0.5) is 0 Å². The molecule has 18 heavy (non-hydrogen) atoms. The fourth-order valence-electron chi connectivity index (χ4n) is 1.59. The molecule has 1 aromatic heterocycles. The van der Waals surface area contributed by atoms with Crippen molar-refractivity contribution in [3.63, 3.8) is 0 Å². The Kier molecular flexibility index (Phi) is 3.30. The molecule has 0 spiro atoms. The van der Waals surface area contributed by atoms with Gasteiger partial charge in [0.05, 0.1) is 10.6 Å². The zero-order chi connectivity index (χ0) is 13.2. The summed E-state index contributed by atoms with van der Waals surface area (Å²) >= 11 is 0. The first-order valence-corrected chi connectivity index (χ1v) is 7.28. The Bertz CT molecular complexity index is 659. The SMILES string of the molecule is C=C(c1ccc(S(C)(=O)=O)cc1)c1ccccn1. The minimum absolute atomic E-state index is 0.306. The maximum Gasteiger partial charge on any atom is 0.175 e. The highest BCUT2D eigenvalue weighted by Crippen LogP contribution is 2.21. The first-order chi connectivity index (χ1) is 8.48. The summed E-state index contributed by atoms with van der Waals surface area (Å²) in [5.74, 6) is 0. The van der Waals surface area contributed by atoms with Gasteiger partial charge in [-0.15, -0.1) is 0 Å². The summed E-state index contributed by atoms with van der Waals surface area (Å²) in [7, 11) is -3.16. The molecule has 0 radical (unpaired) electrons. The molecular formula is C14H13NO2S. The first-order valence-electron chi connectivity index (χ1n) is 5.39. The van der Waals surface area contributed by atoms with Crippen molar-refractivity contribution in [2.24, 2.45) is 0 Å².